The highest BCUT2D eigenvalue weighted by atomic mass is 35.5. The van der Waals surface area contributed by atoms with Crippen molar-refractivity contribution in [3.63, 3.8) is 0 Å². The van der Waals surface area contributed by atoms with Crippen LogP contribution in [0.25, 0.3) is 0 Å². The van der Waals surface area contributed by atoms with Crippen molar-refractivity contribution in [3.8, 4) is 0 Å². The van der Waals surface area contributed by atoms with Crippen LogP contribution in [-0.4, -0.2) is 16.0 Å². The van der Waals surface area contributed by atoms with E-state index < -0.39 is 12.7 Å². The van der Waals surface area contributed by atoms with E-state index in [-0.39, 0.29) is 5.88 Å². The van der Waals surface area contributed by atoms with E-state index in [0.717, 1.165) is 10.2 Å². The Bertz CT molecular complexity index is 358. The SMILES string of the molecule is CCc1nn(CC(F)(F)F)c(CC)c1CCl. The quantitative estimate of drug-likeness (QED) is 0.754. The molecule has 0 amide bonds. The molecule has 0 bridgehead atoms. The van der Waals surface area contributed by atoms with Gasteiger partial charge >= 0.3 is 6.18 Å². The maximum absolute atomic E-state index is 12.3. The Morgan fingerprint density at radius 3 is 2.25 bits per heavy atom. The van der Waals surface area contributed by atoms with E-state index in [9.17, 15) is 13.2 Å². The van der Waals surface area contributed by atoms with Crippen LogP contribution in [-0.2, 0) is 25.3 Å². The van der Waals surface area contributed by atoms with Gasteiger partial charge in [0.15, 0.2) is 0 Å². The normalized spacial score (nSPS) is 12.1. The van der Waals surface area contributed by atoms with Crippen molar-refractivity contribution in [1.82, 2.24) is 9.78 Å². The molecule has 6 heteroatoms. The van der Waals surface area contributed by atoms with Crippen molar-refractivity contribution in [2.24, 2.45) is 0 Å². The van der Waals surface area contributed by atoms with Gasteiger partial charge in [0.2, 0.25) is 0 Å². The summed E-state index contributed by atoms with van der Waals surface area (Å²) in [5.41, 5.74) is 2.00. The molecule has 92 valence electrons. The van der Waals surface area contributed by atoms with Crippen molar-refractivity contribution >= 4 is 11.6 Å². The molecule has 0 N–H and O–H groups in total. The average molecular weight is 255 g/mol. The van der Waals surface area contributed by atoms with Crippen LogP contribution in [0.1, 0.15) is 30.8 Å². The summed E-state index contributed by atoms with van der Waals surface area (Å²) in [5, 5.41) is 3.97. The third-order valence-corrected chi connectivity index (χ3v) is 2.65. The summed E-state index contributed by atoms with van der Waals surface area (Å²) in [5.74, 6) is 0.213. The number of rotatable bonds is 4. The molecule has 0 fully saturated rings. The Labute approximate surface area is 97.4 Å². The number of alkyl halides is 4. The molecule has 0 saturated heterocycles. The van der Waals surface area contributed by atoms with Gasteiger partial charge in [0.25, 0.3) is 0 Å². The lowest BCUT2D eigenvalue weighted by Crippen LogP contribution is -2.20. The first-order valence-corrected chi connectivity index (χ1v) is 5.66. The van der Waals surface area contributed by atoms with Gasteiger partial charge in [-0.3, -0.25) is 4.68 Å². The Kier molecular flexibility index (Phi) is 4.24. The highest BCUT2D eigenvalue weighted by molar-refractivity contribution is 6.17. The molecule has 0 aliphatic carbocycles. The van der Waals surface area contributed by atoms with Crippen LogP contribution in [0.4, 0.5) is 13.2 Å². The maximum atomic E-state index is 12.3. The van der Waals surface area contributed by atoms with Crippen LogP contribution < -0.4 is 0 Å². The second-order valence-corrected chi connectivity index (χ2v) is 3.75. The zero-order valence-electron chi connectivity index (χ0n) is 9.23. The molecule has 1 heterocycles. The molecular weight excluding hydrogens is 241 g/mol. The maximum Gasteiger partial charge on any atom is 0.408 e. The van der Waals surface area contributed by atoms with Crippen LogP contribution in [0.2, 0.25) is 0 Å². The summed E-state index contributed by atoms with van der Waals surface area (Å²) in [6.07, 6.45) is -3.14. The predicted octanol–water partition coefficient (Wildman–Crippen LogP) is 3.31. The van der Waals surface area contributed by atoms with Crippen molar-refractivity contribution < 1.29 is 13.2 Å². The number of aromatic nitrogens is 2. The van der Waals surface area contributed by atoms with E-state index in [2.05, 4.69) is 5.10 Å². The largest absolute Gasteiger partial charge is 0.408 e. The molecule has 0 aliphatic heterocycles. The first-order valence-electron chi connectivity index (χ1n) is 5.13. The molecule has 1 aromatic heterocycles. The first kappa shape index (κ1) is 13.4. The fourth-order valence-corrected chi connectivity index (χ4v) is 2.03. The predicted molar refractivity (Wildman–Crippen MR) is 56.6 cm³/mol. The second-order valence-electron chi connectivity index (χ2n) is 3.49. The molecule has 2 nitrogen and oxygen atoms in total. The van der Waals surface area contributed by atoms with Gasteiger partial charge in [-0.25, -0.2) is 0 Å². The van der Waals surface area contributed by atoms with E-state index in [1.165, 1.54) is 0 Å². The fraction of sp³-hybridized carbons (Fsp3) is 0.700. The molecule has 0 saturated carbocycles. The summed E-state index contributed by atoms with van der Waals surface area (Å²) in [4.78, 5) is 0. The van der Waals surface area contributed by atoms with Gasteiger partial charge in [-0.15, -0.1) is 11.6 Å². The Morgan fingerprint density at radius 2 is 1.88 bits per heavy atom. The third-order valence-electron chi connectivity index (χ3n) is 2.38. The summed E-state index contributed by atoms with van der Waals surface area (Å²) >= 11 is 5.74. The Morgan fingerprint density at radius 1 is 1.25 bits per heavy atom. The van der Waals surface area contributed by atoms with Crippen molar-refractivity contribution in [2.75, 3.05) is 0 Å². The third kappa shape index (κ3) is 2.90. The van der Waals surface area contributed by atoms with Crippen molar-refractivity contribution in [3.05, 3.63) is 17.0 Å². The monoisotopic (exact) mass is 254 g/mol. The minimum absolute atomic E-state index is 0.213. The van der Waals surface area contributed by atoms with Crippen molar-refractivity contribution in [1.29, 1.82) is 0 Å². The van der Waals surface area contributed by atoms with Crippen LogP contribution in [0.5, 0.6) is 0 Å². The van der Waals surface area contributed by atoms with E-state index >= 15 is 0 Å². The van der Waals surface area contributed by atoms with Gasteiger partial charge in [-0.2, -0.15) is 18.3 Å². The molecule has 0 atom stereocenters. The summed E-state index contributed by atoms with van der Waals surface area (Å²) in [7, 11) is 0. The zero-order chi connectivity index (χ0) is 12.3. The minimum atomic E-state index is -4.25. The molecule has 16 heavy (non-hydrogen) atoms. The van der Waals surface area contributed by atoms with Crippen LogP contribution in [0, 0.1) is 0 Å². The number of halogens is 4. The topological polar surface area (TPSA) is 17.8 Å². The number of nitrogens with zero attached hydrogens (tertiary/aromatic N) is 2. The number of hydrogen-bond donors (Lipinski definition) is 0. The van der Waals surface area contributed by atoms with Gasteiger partial charge in [0, 0.05) is 11.3 Å². The van der Waals surface area contributed by atoms with E-state index in [0.29, 0.717) is 24.2 Å². The van der Waals surface area contributed by atoms with Crippen LogP contribution in [0.15, 0.2) is 0 Å². The van der Waals surface area contributed by atoms with Gasteiger partial charge < -0.3 is 0 Å². The van der Waals surface area contributed by atoms with E-state index in [1.807, 2.05) is 6.92 Å². The summed E-state index contributed by atoms with van der Waals surface area (Å²) in [6, 6.07) is 0. The second kappa shape index (κ2) is 5.08. The van der Waals surface area contributed by atoms with E-state index in [1.54, 1.807) is 6.92 Å². The summed E-state index contributed by atoms with van der Waals surface area (Å²) < 4.78 is 38.0. The molecule has 0 unspecified atom stereocenters. The molecule has 1 rings (SSSR count). The average Bonchev–Trinajstić information content (AvgIpc) is 2.52. The lowest BCUT2D eigenvalue weighted by molar-refractivity contribution is -0.143. The molecule has 1 aromatic rings. The lowest BCUT2D eigenvalue weighted by Gasteiger charge is -2.09. The molecule has 0 radical (unpaired) electrons. The van der Waals surface area contributed by atoms with E-state index in [4.69, 9.17) is 11.6 Å². The minimum Gasteiger partial charge on any atom is -0.260 e. The fourth-order valence-electron chi connectivity index (χ4n) is 1.72. The lowest BCUT2D eigenvalue weighted by atomic mass is 10.1. The van der Waals surface area contributed by atoms with Gasteiger partial charge in [0.1, 0.15) is 6.54 Å². The Hall–Kier alpha value is -0.710. The molecular formula is C10H14ClF3N2. The molecule has 0 spiro atoms. The van der Waals surface area contributed by atoms with Gasteiger partial charge in [0.05, 0.1) is 11.6 Å². The summed E-state index contributed by atoms with van der Waals surface area (Å²) in [6.45, 7) is 2.62. The van der Waals surface area contributed by atoms with Crippen LogP contribution in [0.3, 0.4) is 0 Å². The molecule has 0 aliphatic rings. The zero-order valence-corrected chi connectivity index (χ0v) is 9.99. The first-order chi connectivity index (χ1) is 7.42. The Balaban J connectivity index is 3.13. The standard InChI is InChI=1S/C10H14ClF3N2/c1-3-8-7(5-11)9(4-2)16(15-8)6-10(12,13)14/h3-6H2,1-2H3. The number of aryl methyl sites for hydroxylation is 1. The molecule has 0 aromatic carbocycles. The highest BCUT2D eigenvalue weighted by Gasteiger charge is 2.30. The smallest absolute Gasteiger partial charge is 0.260 e. The van der Waals surface area contributed by atoms with Gasteiger partial charge in [-0.05, 0) is 12.8 Å². The van der Waals surface area contributed by atoms with Crippen LogP contribution >= 0.6 is 11.6 Å². The number of hydrogen-bond acceptors (Lipinski definition) is 1. The van der Waals surface area contributed by atoms with Gasteiger partial charge in [-0.1, -0.05) is 13.8 Å². The highest BCUT2D eigenvalue weighted by Crippen LogP contribution is 2.23. The van der Waals surface area contributed by atoms with Crippen molar-refractivity contribution in [2.45, 2.75) is 45.3 Å².